The van der Waals surface area contributed by atoms with E-state index in [1.54, 1.807) is 43.3 Å². The van der Waals surface area contributed by atoms with Gasteiger partial charge in [0.1, 0.15) is 17.3 Å². The van der Waals surface area contributed by atoms with Gasteiger partial charge in [0.25, 0.3) is 5.91 Å². The maximum absolute atomic E-state index is 13.2. The average Bonchev–Trinajstić information content (AvgIpc) is 3.09. The van der Waals surface area contributed by atoms with Crippen LogP contribution in [0.3, 0.4) is 0 Å². The SMILES string of the molecule is CC(=O)O[C@@H]1C[C@@]2(C)[C@@H]3CC[C@]4(O)[C@@](O)(C=C[C@H](NC(=O)c5ccccc5)[C@@]4(C)CO)CC3=CC[C@]2(C)[C@H]1C(C)N(C)C. The van der Waals surface area contributed by atoms with Crippen molar-refractivity contribution in [2.75, 3.05) is 20.7 Å². The number of carbonyl (C=O) groups is 2. The molecule has 8 nitrogen and oxygen atoms in total. The van der Waals surface area contributed by atoms with Crippen molar-refractivity contribution in [3.05, 3.63) is 59.7 Å². The molecule has 0 heterocycles. The Labute approximate surface area is 256 Å². The fraction of sp³-hybridized carbons (Fsp3) is 0.657. The van der Waals surface area contributed by atoms with E-state index in [1.807, 2.05) is 6.07 Å². The molecule has 0 radical (unpaired) electrons. The number of fused-ring (bicyclic) bond motifs is 4. The third-order valence-corrected chi connectivity index (χ3v) is 12.6. The molecule has 2 fully saturated rings. The molecule has 43 heavy (non-hydrogen) atoms. The molecule has 4 N–H and O–H groups in total. The first-order valence-corrected chi connectivity index (χ1v) is 15.7. The van der Waals surface area contributed by atoms with Gasteiger partial charge >= 0.3 is 5.97 Å². The van der Waals surface area contributed by atoms with E-state index in [4.69, 9.17) is 4.74 Å². The molecular weight excluding hydrogens is 544 g/mol. The van der Waals surface area contributed by atoms with E-state index < -0.39 is 29.3 Å². The molecule has 4 aliphatic carbocycles. The Balaban J connectivity index is 1.52. The van der Waals surface area contributed by atoms with Crippen LogP contribution >= 0.6 is 0 Å². The highest BCUT2D eigenvalue weighted by Gasteiger charge is 2.69. The van der Waals surface area contributed by atoms with Crippen LogP contribution in [-0.4, -0.2) is 82.2 Å². The topological polar surface area (TPSA) is 119 Å². The van der Waals surface area contributed by atoms with Gasteiger partial charge in [-0.05, 0) is 75.6 Å². The van der Waals surface area contributed by atoms with Gasteiger partial charge < -0.3 is 30.3 Å². The maximum atomic E-state index is 13.2. The summed E-state index contributed by atoms with van der Waals surface area (Å²) in [5, 5.41) is 38.8. The fourth-order valence-corrected chi connectivity index (χ4v) is 9.54. The van der Waals surface area contributed by atoms with Crippen LogP contribution in [0.15, 0.2) is 54.1 Å². The van der Waals surface area contributed by atoms with E-state index in [2.05, 4.69) is 51.2 Å². The van der Waals surface area contributed by atoms with Crippen molar-refractivity contribution in [1.29, 1.82) is 0 Å². The van der Waals surface area contributed by atoms with Gasteiger partial charge in [-0.15, -0.1) is 0 Å². The van der Waals surface area contributed by atoms with Crippen molar-refractivity contribution in [1.82, 2.24) is 10.2 Å². The molecule has 1 unspecified atom stereocenters. The van der Waals surface area contributed by atoms with E-state index in [1.165, 1.54) is 6.92 Å². The zero-order valence-electron chi connectivity index (χ0n) is 26.8. The number of hydrogen-bond donors (Lipinski definition) is 4. The van der Waals surface area contributed by atoms with Crippen LogP contribution in [-0.2, 0) is 9.53 Å². The Morgan fingerprint density at radius 3 is 2.40 bits per heavy atom. The molecule has 236 valence electrons. The summed E-state index contributed by atoms with van der Waals surface area (Å²) in [6.07, 6.45) is 7.95. The summed E-state index contributed by atoms with van der Waals surface area (Å²) in [7, 11) is 4.13. The normalized spacial score (nSPS) is 42.6. The molecule has 0 spiro atoms. The summed E-state index contributed by atoms with van der Waals surface area (Å²) >= 11 is 0. The molecule has 0 bridgehead atoms. The number of allylic oxidation sites excluding steroid dienone is 1. The number of carbonyl (C=O) groups excluding carboxylic acids is 2. The summed E-state index contributed by atoms with van der Waals surface area (Å²) in [6, 6.07) is 8.33. The van der Waals surface area contributed by atoms with Gasteiger partial charge in [0, 0.05) is 36.3 Å². The molecule has 5 rings (SSSR count). The van der Waals surface area contributed by atoms with Gasteiger partial charge in [-0.1, -0.05) is 62.8 Å². The minimum absolute atomic E-state index is 0.0380. The molecule has 1 aromatic rings. The second-order valence-electron chi connectivity index (χ2n) is 14.7. The van der Waals surface area contributed by atoms with E-state index in [0.29, 0.717) is 18.4 Å². The van der Waals surface area contributed by atoms with Crippen LogP contribution in [0.5, 0.6) is 0 Å². The van der Waals surface area contributed by atoms with Gasteiger partial charge in [-0.3, -0.25) is 9.59 Å². The molecule has 2 saturated carbocycles. The van der Waals surface area contributed by atoms with Gasteiger partial charge in [0.05, 0.1) is 12.6 Å². The second kappa shape index (κ2) is 10.8. The summed E-state index contributed by atoms with van der Waals surface area (Å²) in [5.74, 6) is -0.439. The number of nitrogens with one attached hydrogen (secondary N) is 1. The fourth-order valence-electron chi connectivity index (χ4n) is 9.54. The number of amides is 1. The van der Waals surface area contributed by atoms with Crippen LogP contribution in [0.4, 0.5) is 0 Å². The summed E-state index contributed by atoms with van der Waals surface area (Å²) in [4.78, 5) is 27.6. The zero-order valence-corrected chi connectivity index (χ0v) is 26.8. The number of benzene rings is 1. The molecule has 10 atom stereocenters. The van der Waals surface area contributed by atoms with Crippen LogP contribution in [0.25, 0.3) is 0 Å². The lowest BCUT2D eigenvalue weighted by atomic mass is 9.51. The smallest absolute Gasteiger partial charge is 0.302 e. The molecule has 0 saturated heterocycles. The van der Waals surface area contributed by atoms with Gasteiger partial charge in [0.15, 0.2) is 0 Å². The number of ether oxygens (including phenoxy) is 1. The maximum Gasteiger partial charge on any atom is 0.302 e. The molecular formula is C35H50N2O6. The highest BCUT2D eigenvalue weighted by molar-refractivity contribution is 5.94. The third kappa shape index (κ3) is 4.63. The molecule has 0 aliphatic heterocycles. The van der Waals surface area contributed by atoms with Crippen LogP contribution in [0.2, 0.25) is 0 Å². The largest absolute Gasteiger partial charge is 0.462 e. The predicted molar refractivity (Wildman–Crippen MR) is 165 cm³/mol. The Kier molecular flexibility index (Phi) is 8.03. The minimum atomic E-state index is -1.71. The first kappa shape index (κ1) is 31.9. The highest BCUT2D eigenvalue weighted by atomic mass is 16.5. The number of aliphatic hydroxyl groups is 3. The predicted octanol–water partition coefficient (Wildman–Crippen LogP) is 3.86. The lowest BCUT2D eigenvalue weighted by Gasteiger charge is -2.57. The Morgan fingerprint density at radius 1 is 1.12 bits per heavy atom. The van der Waals surface area contributed by atoms with Crippen molar-refractivity contribution in [3.63, 3.8) is 0 Å². The lowest BCUT2D eigenvalue weighted by Crippen LogP contribution is -2.71. The Morgan fingerprint density at radius 2 is 1.79 bits per heavy atom. The number of rotatable bonds is 6. The van der Waals surface area contributed by atoms with E-state index in [0.717, 1.165) is 12.0 Å². The number of esters is 1. The first-order valence-electron chi connectivity index (χ1n) is 15.7. The lowest BCUT2D eigenvalue weighted by molar-refractivity contribution is -0.214. The zero-order chi connectivity index (χ0) is 31.6. The van der Waals surface area contributed by atoms with Crippen molar-refractivity contribution in [2.24, 2.45) is 28.1 Å². The molecule has 4 aliphatic rings. The summed E-state index contributed by atoms with van der Waals surface area (Å²) < 4.78 is 6.03. The third-order valence-electron chi connectivity index (χ3n) is 12.6. The van der Waals surface area contributed by atoms with Crippen molar-refractivity contribution in [2.45, 2.75) is 96.1 Å². The average molecular weight is 595 g/mol. The molecule has 1 aromatic carbocycles. The monoisotopic (exact) mass is 594 g/mol. The number of nitrogens with zero attached hydrogens (tertiary/aromatic N) is 1. The van der Waals surface area contributed by atoms with Gasteiger partial charge in [-0.2, -0.15) is 0 Å². The quantitative estimate of drug-likeness (QED) is 0.292. The number of hydrogen-bond acceptors (Lipinski definition) is 7. The Bertz CT molecular complexity index is 1310. The van der Waals surface area contributed by atoms with E-state index >= 15 is 0 Å². The van der Waals surface area contributed by atoms with Gasteiger partial charge in [-0.25, -0.2) is 0 Å². The van der Waals surface area contributed by atoms with Crippen LogP contribution < -0.4 is 5.32 Å². The Hall–Kier alpha value is -2.52. The van der Waals surface area contributed by atoms with E-state index in [9.17, 15) is 24.9 Å². The van der Waals surface area contributed by atoms with Crippen molar-refractivity contribution < 1.29 is 29.6 Å². The van der Waals surface area contributed by atoms with E-state index in [-0.39, 0.29) is 59.5 Å². The highest BCUT2D eigenvalue weighted by Crippen LogP contribution is 2.69. The molecule has 8 heteroatoms. The van der Waals surface area contributed by atoms with Crippen molar-refractivity contribution >= 4 is 11.9 Å². The second-order valence-corrected chi connectivity index (χ2v) is 14.7. The summed E-state index contributed by atoms with van der Waals surface area (Å²) in [5.41, 5.74) is -3.45. The van der Waals surface area contributed by atoms with Gasteiger partial charge in [0.2, 0.25) is 0 Å². The van der Waals surface area contributed by atoms with Crippen LogP contribution in [0.1, 0.15) is 77.1 Å². The van der Waals surface area contributed by atoms with Crippen LogP contribution in [0, 0.1) is 28.1 Å². The summed E-state index contributed by atoms with van der Waals surface area (Å²) in [6.45, 7) is 9.63. The number of aliphatic hydroxyl groups excluding tert-OH is 1. The molecule has 0 aromatic heterocycles. The standard InChI is InChI=1S/C35H50N2O6/c1-22(37(6)7)29-27(43-23(2)39)20-32(4)26-14-18-35(42)33(5,21-38)28(36-30(40)24-11-9-8-10-12-24)15-17-34(35,41)19-25(26)13-16-31(29,32)3/h8-13,15,17,22,26-29,38,41-42H,14,16,18-21H2,1-7H3,(H,36,40)/t22?,26-,27-,28+,29+,31-,32+,33-,34-,35-/m1/s1. The first-order chi connectivity index (χ1) is 20.1. The molecule has 1 amide bonds. The minimum Gasteiger partial charge on any atom is -0.462 e. The van der Waals surface area contributed by atoms with Crippen molar-refractivity contribution in [3.8, 4) is 0 Å².